The number of nitrogens with zero attached hydrogens (tertiary/aromatic N) is 2. The minimum absolute atomic E-state index is 0.113. The van der Waals surface area contributed by atoms with Crippen LogP contribution in [0.1, 0.15) is 37.2 Å². The molecule has 0 aromatic carbocycles. The summed E-state index contributed by atoms with van der Waals surface area (Å²) in [6.45, 7) is 4.51. The second-order valence-corrected chi connectivity index (χ2v) is 5.12. The van der Waals surface area contributed by atoms with Gasteiger partial charge in [-0.1, -0.05) is 0 Å². The Morgan fingerprint density at radius 1 is 1.58 bits per heavy atom. The molecule has 0 saturated carbocycles. The average Bonchev–Trinajstić information content (AvgIpc) is 2.44. The fourth-order valence-corrected chi connectivity index (χ4v) is 2.39. The van der Waals surface area contributed by atoms with E-state index in [2.05, 4.69) is 20.6 Å². The summed E-state index contributed by atoms with van der Waals surface area (Å²) in [7, 11) is 0. The van der Waals surface area contributed by atoms with E-state index in [0.29, 0.717) is 18.9 Å². The molecule has 1 aliphatic heterocycles. The van der Waals surface area contributed by atoms with Gasteiger partial charge in [0.1, 0.15) is 5.82 Å². The van der Waals surface area contributed by atoms with Crippen molar-refractivity contribution in [2.45, 2.75) is 39.2 Å². The van der Waals surface area contributed by atoms with Crippen molar-refractivity contribution in [3.63, 3.8) is 0 Å². The van der Waals surface area contributed by atoms with Gasteiger partial charge in [0.15, 0.2) is 0 Å². The molecule has 1 aromatic rings. The Bertz CT molecular complexity index is 416. The molecule has 0 bridgehead atoms. The molecule has 0 spiro atoms. The average molecular weight is 262 g/mol. The number of aryl methyl sites for hydroxylation is 1. The molecule has 2 rings (SSSR count). The van der Waals surface area contributed by atoms with Gasteiger partial charge in [-0.15, -0.1) is 0 Å². The van der Waals surface area contributed by atoms with Crippen LogP contribution in [-0.4, -0.2) is 29.0 Å². The first-order chi connectivity index (χ1) is 9.24. The number of carbonyl (C=O) groups excluding carboxylic acids is 1. The molecular formula is C14H22N4O. The van der Waals surface area contributed by atoms with Gasteiger partial charge in [0.2, 0.25) is 5.91 Å². The monoisotopic (exact) mass is 262 g/mol. The van der Waals surface area contributed by atoms with Crippen molar-refractivity contribution in [2.24, 2.45) is 5.92 Å². The van der Waals surface area contributed by atoms with Gasteiger partial charge in [-0.3, -0.25) is 4.79 Å². The molecule has 5 nitrogen and oxygen atoms in total. The lowest BCUT2D eigenvalue weighted by molar-refractivity contribution is -0.121. The third-order valence-corrected chi connectivity index (χ3v) is 3.48. The van der Waals surface area contributed by atoms with Gasteiger partial charge in [-0.05, 0) is 51.3 Å². The van der Waals surface area contributed by atoms with Crippen LogP contribution >= 0.6 is 0 Å². The van der Waals surface area contributed by atoms with Gasteiger partial charge in [0.25, 0.3) is 0 Å². The molecule has 2 N–H and O–H groups in total. The number of hydrogen-bond donors (Lipinski definition) is 2. The molecule has 0 aliphatic carbocycles. The van der Waals surface area contributed by atoms with E-state index in [1.807, 2.05) is 13.0 Å². The van der Waals surface area contributed by atoms with Crippen LogP contribution in [0.25, 0.3) is 0 Å². The van der Waals surface area contributed by atoms with Gasteiger partial charge in [0.05, 0.1) is 12.2 Å². The van der Waals surface area contributed by atoms with E-state index in [9.17, 15) is 4.79 Å². The van der Waals surface area contributed by atoms with Crippen LogP contribution in [0.4, 0.5) is 0 Å². The van der Waals surface area contributed by atoms with Crippen molar-refractivity contribution in [3.05, 3.63) is 23.8 Å². The second-order valence-electron chi connectivity index (χ2n) is 5.12. The van der Waals surface area contributed by atoms with Gasteiger partial charge >= 0.3 is 0 Å². The molecule has 1 amide bonds. The maximum Gasteiger partial charge on any atom is 0.220 e. The van der Waals surface area contributed by atoms with E-state index < -0.39 is 0 Å². The zero-order valence-corrected chi connectivity index (χ0v) is 11.5. The summed E-state index contributed by atoms with van der Waals surface area (Å²) in [5, 5.41) is 6.29. The lowest BCUT2D eigenvalue weighted by Gasteiger charge is -2.22. The number of nitrogens with one attached hydrogen (secondary N) is 2. The van der Waals surface area contributed by atoms with Crippen molar-refractivity contribution in [2.75, 3.05) is 13.1 Å². The number of rotatable bonds is 5. The Kier molecular flexibility index (Phi) is 5.27. The number of aromatic nitrogens is 2. The first-order valence-electron chi connectivity index (χ1n) is 7.00. The van der Waals surface area contributed by atoms with E-state index in [1.54, 1.807) is 6.20 Å². The Balaban J connectivity index is 1.66. The highest BCUT2D eigenvalue weighted by Gasteiger charge is 2.14. The minimum Gasteiger partial charge on any atom is -0.350 e. The van der Waals surface area contributed by atoms with E-state index in [1.165, 1.54) is 12.8 Å². The largest absolute Gasteiger partial charge is 0.350 e. The summed E-state index contributed by atoms with van der Waals surface area (Å²) >= 11 is 0. The molecule has 1 saturated heterocycles. The summed E-state index contributed by atoms with van der Waals surface area (Å²) in [5.41, 5.74) is 0.861. The first-order valence-corrected chi connectivity index (χ1v) is 7.00. The third kappa shape index (κ3) is 4.95. The normalized spacial score (nSPS) is 19.1. The standard InChI is InChI=1S/C14H22N4O/c1-11-16-8-6-13(18-11)10-17-14(19)5-4-12-3-2-7-15-9-12/h6,8,12,15H,2-5,7,9-10H2,1H3,(H,17,19). The van der Waals surface area contributed by atoms with Gasteiger partial charge in [-0.2, -0.15) is 0 Å². The fraction of sp³-hybridized carbons (Fsp3) is 0.643. The van der Waals surface area contributed by atoms with Crippen LogP contribution in [0.15, 0.2) is 12.3 Å². The highest BCUT2D eigenvalue weighted by molar-refractivity contribution is 5.75. The predicted molar refractivity (Wildman–Crippen MR) is 73.4 cm³/mol. The van der Waals surface area contributed by atoms with Crippen LogP contribution in [0.3, 0.4) is 0 Å². The van der Waals surface area contributed by atoms with Crippen LogP contribution in [0.2, 0.25) is 0 Å². The van der Waals surface area contributed by atoms with Gasteiger partial charge in [0, 0.05) is 12.6 Å². The summed E-state index contributed by atoms with van der Waals surface area (Å²) in [4.78, 5) is 20.1. The number of amides is 1. The van der Waals surface area contributed by atoms with Crippen molar-refractivity contribution in [1.82, 2.24) is 20.6 Å². The molecule has 5 heteroatoms. The SMILES string of the molecule is Cc1nccc(CNC(=O)CCC2CCCNC2)n1. The molecule has 104 valence electrons. The first kappa shape index (κ1) is 13.9. The second kappa shape index (κ2) is 7.19. The van der Waals surface area contributed by atoms with Crippen molar-refractivity contribution >= 4 is 5.91 Å². The number of piperidine rings is 1. The molecule has 1 aromatic heterocycles. The van der Waals surface area contributed by atoms with Crippen LogP contribution in [-0.2, 0) is 11.3 Å². The molecular weight excluding hydrogens is 240 g/mol. The quantitative estimate of drug-likeness (QED) is 0.836. The maximum absolute atomic E-state index is 11.8. The summed E-state index contributed by atoms with van der Waals surface area (Å²) in [6, 6.07) is 1.83. The molecule has 1 fully saturated rings. The molecule has 1 atom stereocenters. The van der Waals surface area contributed by atoms with Crippen LogP contribution in [0.5, 0.6) is 0 Å². The minimum atomic E-state index is 0.113. The third-order valence-electron chi connectivity index (χ3n) is 3.48. The van der Waals surface area contributed by atoms with E-state index >= 15 is 0 Å². The van der Waals surface area contributed by atoms with Crippen molar-refractivity contribution < 1.29 is 4.79 Å². The molecule has 1 unspecified atom stereocenters. The van der Waals surface area contributed by atoms with Gasteiger partial charge in [-0.25, -0.2) is 9.97 Å². The van der Waals surface area contributed by atoms with Crippen LogP contribution in [0, 0.1) is 12.8 Å². The lowest BCUT2D eigenvalue weighted by atomic mass is 9.94. The van der Waals surface area contributed by atoms with E-state index in [-0.39, 0.29) is 5.91 Å². The molecule has 19 heavy (non-hydrogen) atoms. The van der Waals surface area contributed by atoms with E-state index in [0.717, 1.165) is 31.0 Å². The highest BCUT2D eigenvalue weighted by atomic mass is 16.1. The highest BCUT2D eigenvalue weighted by Crippen LogP contribution is 2.15. The zero-order chi connectivity index (χ0) is 13.5. The summed E-state index contributed by atoms with van der Waals surface area (Å²) < 4.78 is 0. The number of carbonyl (C=O) groups is 1. The van der Waals surface area contributed by atoms with Crippen LogP contribution < -0.4 is 10.6 Å². The van der Waals surface area contributed by atoms with Gasteiger partial charge < -0.3 is 10.6 Å². The lowest BCUT2D eigenvalue weighted by Crippen LogP contribution is -2.31. The predicted octanol–water partition coefficient (Wildman–Crippen LogP) is 1.18. The van der Waals surface area contributed by atoms with Crippen molar-refractivity contribution in [3.8, 4) is 0 Å². The summed E-state index contributed by atoms with van der Waals surface area (Å²) in [5.74, 6) is 1.50. The molecule has 0 radical (unpaired) electrons. The molecule has 2 heterocycles. The Morgan fingerprint density at radius 2 is 2.47 bits per heavy atom. The number of hydrogen-bond acceptors (Lipinski definition) is 4. The Morgan fingerprint density at radius 3 is 3.21 bits per heavy atom. The topological polar surface area (TPSA) is 66.9 Å². The van der Waals surface area contributed by atoms with E-state index in [4.69, 9.17) is 0 Å². The van der Waals surface area contributed by atoms with Crippen molar-refractivity contribution in [1.29, 1.82) is 0 Å². The Hall–Kier alpha value is -1.49. The molecule has 1 aliphatic rings. The summed E-state index contributed by atoms with van der Waals surface area (Å²) in [6.07, 6.45) is 5.77. The Labute approximate surface area is 114 Å². The fourth-order valence-electron chi connectivity index (χ4n) is 2.39. The zero-order valence-electron chi connectivity index (χ0n) is 11.5. The maximum atomic E-state index is 11.8. The smallest absolute Gasteiger partial charge is 0.220 e.